The van der Waals surface area contributed by atoms with Crippen LogP contribution >= 0.6 is 7.60 Å². The van der Waals surface area contributed by atoms with Crippen molar-refractivity contribution in [2.24, 2.45) is 0 Å². The molecule has 0 spiro atoms. The summed E-state index contributed by atoms with van der Waals surface area (Å²) in [7, 11) is -3.20. The number of unbranched alkanes of at least 4 members (excludes halogenated alkanes) is 8. The molecule has 0 heterocycles. The van der Waals surface area contributed by atoms with Crippen LogP contribution in [0.3, 0.4) is 0 Å². The number of allylic oxidation sites excluding steroid dienone is 2. The summed E-state index contributed by atoms with van der Waals surface area (Å²) in [6.07, 6.45) is 15.2. The van der Waals surface area contributed by atoms with Gasteiger partial charge in [0, 0.05) is 6.07 Å². The molecule has 0 atom stereocenters. The number of ether oxygens (including phenoxy) is 2. The van der Waals surface area contributed by atoms with Gasteiger partial charge >= 0.3 is 7.60 Å². The number of rotatable bonds is 22. The summed E-state index contributed by atoms with van der Waals surface area (Å²) in [5, 5.41) is 0. The van der Waals surface area contributed by atoms with Crippen molar-refractivity contribution in [3.8, 4) is 11.5 Å². The summed E-state index contributed by atoms with van der Waals surface area (Å²) >= 11 is 0. The molecule has 0 amide bonds. The first-order chi connectivity index (χ1) is 16.1. The number of hydrogen-bond donors (Lipinski definition) is 0. The van der Waals surface area contributed by atoms with Crippen molar-refractivity contribution in [1.82, 2.24) is 0 Å². The Labute approximate surface area is 202 Å². The van der Waals surface area contributed by atoms with Gasteiger partial charge in [0.2, 0.25) is 0 Å². The summed E-state index contributed by atoms with van der Waals surface area (Å²) in [5.74, 6) is 1.47. The maximum Gasteiger partial charge on any atom is 0.335 e. The molecule has 188 valence electrons. The van der Waals surface area contributed by atoms with Crippen molar-refractivity contribution < 1.29 is 23.1 Å². The quantitative estimate of drug-likeness (QED) is 0.0946. The van der Waals surface area contributed by atoms with Crippen molar-refractivity contribution in [3.05, 3.63) is 49.1 Å². The first-order valence-electron chi connectivity index (χ1n) is 12.6. The van der Waals surface area contributed by atoms with Gasteiger partial charge in [-0.25, -0.2) is 0 Å². The Morgan fingerprint density at radius 1 is 0.727 bits per heavy atom. The average molecular weight is 481 g/mol. The van der Waals surface area contributed by atoms with E-state index in [1.54, 1.807) is 0 Å². The summed E-state index contributed by atoms with van der Waals surface area (Å²) in [5.41, 5.74) is 0.838. The first kappa shape index (κ1) is 29.5. The van der Waals surface area contributed by atoms with Crippen LogP contribution in [0, 0.1) is 0 Å². The standard InChI is InChI=1S/C27H45O5P/c1-5-9-11-13-15-17-19-29-26-21-25(24-33(28,31-7-3)32-8-4)22-27(23-26)30-20-18-16-14-12-10-6-2/h5-6,21-23H,1-2,7-20,24H2,3-4H3. The fraction of sp³-hybridized carbons (Fsp3) is 0.630. The monoisotopic (exact) mass is 480 g/mol. The summed E-state index contributed by atoms with van der Waals surface area (Å²) in [4.78, 5) is 0. The van der Waals surface area contributed by atoms with E-state index in [4.69, 9.17) is 18.5 Å². The van der Waals surface area contributed by atoms with Gasteiger partial charge in [-0.2, -0.15) is 0 Å². The molecule has 0 aliphatic heterocycles. The molecule has 6 heteroatoms. The van der Waals surface area contributed by atoms with Crippen molar-refractivity contribution in [2.45, 2.75) is 84.2 Å². The Morgan fingerprint density at radius 3 is 1.61 bits per heavy atom. The molecule has 0 fully saturated rings. The Bertz CT molecular complexity index is 654. The highest BCUT2D eigenvalue weighted by molar-refractivity contribution is 7.53. The molecule has 0 saturated heterocycles. The van der Waals surface area contributed by atoms with Crippen LogP contribution in [0.15, 0.2) is 43.5 Å². The van der Waals surface area contributed by atoms with Gasteiger partial charge in [0.1, 0.15) is 11.5 Å². The summed E-state index contributed by atoms with van der Waals surface area (Å²) in [6, 6.07) is 5.76. The average Bonchev–Trinajstić information content (AvgIpc) is 2.78. The van der Waals surface area contributed by atoms with Crippen molar-refractivity contribution >= 4 is 7.60 Å². The van der Waals surface area contributed by atoms with Crippen LogP contribution in [0.25, 0.3) is 0 Å². The lowest BCUT2D eigenvalue weighted by atomic mass is 10.1. The van der Waals surface area contributed by atoms with E-state index >= 15 is 0 Å². The molecule has 0 aliphatic carbocycles. The molecule has 0 unspecified atom stereocenters. The van der Waals surface area contributed by atoms with Crippen LogP contribution in [0.2, 0.25) is 0 Å². The minimum atomic E-state index is -3.20. The summed E-state index contributed by atoms with van der Waals surface area (Å²) in [6.45, 7) is 13.2. The maximum absolute atomic E-state index is 13.0. The smallest absolute Gasteiger partial charge is 0.335 e. The van der Waals surface area contributed by atoms with Crippen molar-refractivity contribution in [1.29, 1.82) is 0 Å². The van der Waals surface area contributed by atoms with Gasteiger partial charge in [-0.15, -0.1) is 13.2 Å². The Kier molecular flexibility index (Phi) is 16.8. The highest BCUT2D eigenvalue weighted by Gasteiger charge is 2.24. The third-order valence-corrected chi connectivity index (χ3v) is 7.17. The van der Waals surface area contributed by atoms with E-state index in [2.05, 4.69) is 13.2 Å². The van der Waals surface area contributed by atoms with Gasteiger partial charge in [-0.3, -0.25) is 4.57 Å². The van der Waals surface area contributed by atoms with Gasteiger partial charge in [-0.1, -0.05) is 37.8 Å². The Balaban J connectivity index is 2.72. The third kappa shape index (κ3) is 14.3. The first-order valence-corrected chi connectivity index (χ1v) is 14.3. The maximum atomic E-state index is 13.0. The van der Waals surface area contributed by atoms with Gasteiger partial charge in [0.05, 0.1) is 32.6 Å². The highest BCUT2D eigenvalue weighted by atomic mass is 31.2. The molecule has 1 aromatic rings. The van der Waals surface area contributed by atoms with E-state index in [1.807, 2.05) is 44.2 Å². The molecule has 1 rings (SSSR count). The van der Waals surface area contributed by atoms with E-state index in [-0.39, 0.29) is 6.16 Å². The Hall–Kier alpha value is -1.55. The second-order valence-corrected chi connectivity index (χ2v) is 10.2. The van der Waals surface area contributed by atoms with Gasteiger partial charge < -0.3 is 18.5 Å². The predicted octanol–water partition coefficient (Wildman–Crippen LogP) is 8.48. The molecule has 0 bridgehead atoms. The molecule has 1 aromatic carbocycles. The van der Waals surface area contributed by atoms with E-state index in [9.17, 15) is 4.57 Å². The normalized spacial score (nSPS) is 11.3. The molecular formula is C27H45O5P. The Morgan fingerprint density at radius 2 is 1.18 bits per heavy atom. The summed E-state index contributed by atoms with van der Waals surface area (Å²) < 4.78 is 36.0. The van der Waals surface area contributed by atoms with Gasteiger partial charge in [0.25, 0.3) is 0 Å². The van der Waals surface area contributed by atoms with Crippen molar-refractivity contribution in [3.63, 3.8) is 0 Å². The fourth-order valence-electron chi connectivity index (χ4n) is 3.50. The van der Waals surface area contributed by atoms with Crippen LogP contribution in [0.4, 0.5) is 0 Å². The molecular weight excluding hydrogens is 435 g/mol. The van der Waals surface area contributed by atoms with Crippen LogP contribution in [0.1, 0.15) is 83.6 Å². The molecule has 33 heavy (non-hydrogen) atoms. The van der Waals surface area contributed by atoms with E-state index in [0.29, 0.717) is 26.4 Å². The topological polar surface area (TPSA) is 54.0 Å². The number of benzene rings is 1. The zero-order valence-corrected chi connectivity index (χ0v) is 21.8. The van der Waals surface area contributed by atoms with Crippen LogP contribution < -0.4 is 9.47 Å². The molecule has 0 saturated carbocycles. The second kappa shape index (κ2) is 18.8. The van der Waals surface area contributed by atoms with Gasteiger partial charge in [0.15, 0.2) is 0 Å². The fourth-order valence-corrected chi connectivity index (χ4v) is 5.18. The predicted molar refractivity (Wildman–Crippen MR) is 139 cm³/mol. The van der Waals surface area contributed by atoms with E-state index < -0.39 is 7.60 Å². The number of hydrogen-bond acceptors (Lipinski definition) is 5. The highest BCUT2D eigenvalue weighted by Crippen LogP contribution is 2.51. The lowest BCUT2D eigenvalue weighted by molar-refractivity contribution is 0.219. The zero-order valence-electron chi connectivity index (χ0n) is 20.9. The van der Waals surface area contributed by atoms with Crippen LogP contribution in [-0.4, -0.2) is 26.4 Å². The second-order valence-electron chi connectivity index (χ2n) is 8.10. The third-order valence-electron chi connectivity index (χ3n) is 5.11. The molecule has 0 aliphatic rings. The van der Waals surface area contributed by atoms with E-state index in [1.165, 1.54) is 25.7 Å². The van der Waals surface area contributed by atoms with Crippen molar-refractivity contribution in [2.75, 3.05) is 26.4 Å². The molecule has 0 aromatic heterocycles. The van der Waals surface area contributed by atoms with Crippen LogP contribution in [-0.2, 0) is 19.8 Å². The lowest BCUT2D eigenvalue weighted by Gasteiger charge is -2.18. The minimum Gasteiger partial charge on any atom is -0.493 e. The molecule has 0 N–H and O–H groups in total. The minimum absolute atomic E-state index is 0.200. The van der Waals surface area contributed by atoms with E-state index in [0.717, 1.165) is 55.6 Å². The SMILES string of the molecule is C=CCCCCCCOc1cc(CP(=O)(OCC)OCC)cc(OCCCCCCC=C)c1. The van der Waals surface area contributed by atoms with Gasteiger partial charge in [-0.05, 0) is 70.1 Å². The largest absolute Gasteiger partial charge is 0.493 e. The lowest BCUT2D eigenvalue weighted by Crippen LogP contribution is -2.03. The van der Waals surface area contributed by atoms with Crippen LogP contribution in [0.5, 0.6) is 11.5 Å². The molecule has 5 nitrogen and oxygen atoms in total. The zero-order chi connectivity index (χ0) is 24.2. The molecule has 0 radical (unpaired) electrons.